The minimum Gasteiger partial charge on any atom is -0.461 e. The average molecular weight is 855 g/mol. The molecule has 0 saturated carbocycles. The van der Waals surface area contributed by atoms with Gasteiger partial charge < -0.3 is 25.6 Å². The number of aromatic nitrogens is 8. The zero-order valence-corrected chi connectivity index (χ0v) is 33.8. The van der Waals surface area contributed by atoms with E-state index in [0.29, 0.717) is 71.2 Å². The Morgan fingerprint density at radius 3 is 1.87 bits per heavy atom. The molecule has 316 valence electrons. The highest BCUT2D eigenvalue weighted by atomic mass is 28.3. The number of aliphatic hydroxyl groups is 2. The number of hydrogen-bond donors (Lipinski definition) is 5. The van der Waals surface area contributed by atoms with Crippen molar-refractivity contribution < 1.29 is 46.1 Å². The molecule has 0 aliphatic carbocycles. The molecule has 60 heavy (non-hydrogen) atoms. The minimum absolute atomic E-state index is 0.00351. The number of ether oxygens (including phenoxy) is 1. The number of rotatable bonds is 11. The number of fused-ring (bicyclic) bond motifs is 6. The Hall–Kier alpha value is -6.24. The van der Waals surface area contributed by atoms with E-state index in [0.717, 1.165) is 24.3 Å². The molecule has 0 spiro atoms. The zero-order chi connectivity index (χ0) is 43.4. The largest absolute Gasteiger partial charge is 0.461 e. The first-order valence-electron chi connectivity index (χ1n) is 18.7. The van der Waals surface area contributed by atoms with Crippen molar-refractivity contribution >= 4 is 59.0 Å². The molecule has 21 heteroatoms. The van der Waals surface area contributed by atoms with Crippen molar-refractivity contribution in [2.75, 3.05) is 43.5 Å². The number of H-pyrrole nitrogens is 1. The molecule has 0 radical (unpaired) electrons. The number of aromatic amines is 1. The number of alkyl halides is 6. The highest BCUT2D eigenvalue weighted by Crippen LogP contribution is 2.35. The molecule has 0 atom stereocenters. The number of imidazole rings is 2. The van der Waals surface area contributed by atoms with Gasteiger partial charge >= 0.3 is 18.3 Å². The van der Waals surface area contributed by atoms with Gasteiger partial charge in [-0.1, -0.05) is 25.6 Å². The first kappa shape index (κ1) is 43.3. The molecule has 0 aliphatic heterocycles. The summed E-state index contributed by atoms with van der Waals surface area (Å²) in [6.45, 7) is 8.92. The monoisotopic (exact) mass is 854 g/mol. The molecule has 2 aromatic carbocycles. The predicted molar refractivity (Wildman–Crippen MR) is 215 cm³/mol. The van der Waals surface area contributed by atoms with Crippen molar-refractivity contribution in [1.82, 2.24) is 38.9 Å². The lowest BCUT2D eigenvalue weighted by molar-refractivity contribution is -0.138. The van der Waals surface area contributed by atoms with E-state index in [1.807, 2.05) is 0 Å². The van der Waals surface area contributed by atoms with Crippen LogP contribution in [0.25, 0.3) is 44.7 Å². The Morgan fingerprint density at radius 1 is 0.817 bits per heavy atom. The van der Waals surface area contributed by atoms with Gasteiger partial charge in [0.15, 0.2) is 22.9 Å². The summed E-state index contributed by atoms with van der Waals surface area (Å²) >= 11 is 0. The summed E-state index contributed by atoms with van der Waals surface area (Å²) in [5.41, 5.74) is 5.26. The Morgan fingerprint density at radius 2 is 1.35 bits per heavy atom. The number of nitrogens with one attached hydrogen (secondary N) is 3. The molecule has 5 aromatic heterocycles. The third kappa shape index (κ3) is 9.62. The van der Waals surface area contributed by atoms with Crippen molar-refractivity contribution in [3.8, 4) is 22.9 Å². The summed E-state index contributed by atoms with van der Waals surface area (Å²) in [7, 11) is -1.65. The summed E-state index contributed by atoms with van der Waals surface area (Å²) in [5.74, 6) is 3.18. The van der Waals surface area contributed by atoms with Crippen LogP contribution in [-0.2, 0) is 17.1 Å². The van der Waals surface area contributed by atoms with Crippen LogP contribution in [0, 0.1) is 11.5 Å². The number of hydrogen-bond acceptors (Lipinski definition) is 11. The normalized spacial score (nSPS) is 12.1. The van der Waals surface area contributed by atoms with Crippen molar-refractivity contribution in [3.63, 3.8) is 0 Å². The van der Waals surface area contributed by atoms with Crippen molar-refractivity contribution in [2.45, 2.75) is 51.8 Å². The van der Waals surface area contributed by atoms with E-state index in [1.165, 1.54) is 24.4 Å². The Bertz CT molecular complexity index is 2730. The highest BCUT2D eigenvalue weighted by Gasteiger charge is 2.32. The molecular weight excluding hydrogens is 815 g/mol. The lowest BCUT2D eigenvalue weighted by Crippen LogP contribution is -2.16. The van der Waals surface area contributed by atoms with Gasteiger partial charge in [-0.2, -0.15) is 31.4 Å². The molecule has 0 saturated heterocycles. The van der Waals surface area contributed by atoms with Crippen LogP contribution < -0.4 is 10.6 Å². The molecule has 5 N–H and O–H groups in total. The zero-order valence-electron chi connectivity index (χ0n) is 32.8. The van der Waals surface area contributed by atoms with Gasteiger partial charge in [-0.3, -0.25) is 13.9 Å². The molecule has 5 heterocycles. The summed E-state index contributed by atoms with van der Waals surface area (Å²) in [4.78, 5) is 29.4. The Kier molecular flexibility index (Phi) is 12.7. The van der Waals surface area contributed by atoms with Gasteiger partial charge in [0.2, 0.25) is 0 Å². The molecule has 7 aromatic rings. The molecule has 0 fully saturated rings. The molecular formula is C39H40F6N10O4Si. The average Bonchev–Trinajstić information content (AvgIpc) is 3.96. The lowest BCUT2D eigenvalue weighted by atomic mass is 10.2. The van der Waals surface area contributed by atoms with E-state index in [2.05, 4.69) is 71.9 Å². The van der Waals surface area contributed by atoms with E-state index >= 15 is 0 Å². The Labute approximate surface area is 339 Å². The maximum atomic E-state index is 13.3. The quantitative estimate of drug-likeness (QED) is 0.0293. The SMILES string of the molecule is CCOC(=O)c1cc(-c2cnc3c(NCCCO)nc4cc(C(F)(F)F)ccc4n23)n[nH]1.C[Si](C)(C)C#Cc1cnc2c(NCCCO)nc3cc(C(F)(F)F)ccc3n12. The number of esters is 1. The fourth-order valence-electron chi connectivity index (χ4n) is 5.92. The smallest absolute Gasteiger partial charge is 0.416 e. The minimum atomic E-state index is -4.52. The number of halogens is 6. The number of anilines is 2. The van der Waals surface area contributed by atoms with Crippen LogP contribution in [0.15, 0.2) is 54.9 Å². The van der Waals surface area contributed by atoms with Crippen molar-refractivity contribution in [2.24, 2.45) is 0 Å². The third-order valence-corrected chi connectivity index (χ3v) is 9.53. The number of benzene rings is 2. The van der Waals surface area contributed by atoms with E-state index in [9.17, 15) is 31.1 Å². The molecule has 0 bridgehead atoms. The van der Waals surface area contributed by atoms with Gasteiger partial charge in [0.25, 0.3) is 0 Å². The second-order valence-corrected chi connectivity index (χ2v) is 19.1. The number of carbonyl (C=O) groups is 1. The van der Waals surface area contributed by atoms with Gasteiger partial charge in [-0.25, -0.2) is 24.7 Å². The Balaban J connectivity index is 0.000000203. The van der Waals surface area contributed by atoms with Gasteiger partial charge in [0, 0.05) is 32.4 Å². The summed E-state index contributed by atoms with van der Waals surface area (Å²) in [6.07, 6.45) is -4.97. The summed E-state index contributed by atoms with van der Waals surface area (Å²) in [5, 5.41) is 30.8. The van der Waals surface area contributed by atoms with Crippen molar-refractivity contribution in [3.05, 3.63) is 77.4 Å². The molecule has 0 amide bonds. The predicted octanol–water partition coefficient (Wildman–Crippen LogP) is 7.19. The second-order valence-electron chi connectivity index (χ2n) is 14.3. The van der Waals surface area contributed by atoms with Crippen LogP contribution in [0.1, 0.15) is 47.1 Å². The van der Waals surface area contributed by atoms with E-state index in [4.69, 9.17) is 14.9 Å². The van der Waals surface area contributed by atoms with Gasteiger partial charge in [-0.05, 0) is 56.2 Å². The van der Waals surface area contributed by atoms with Gasteiger partial charge in [0.1, 0.15) is 25.2 Å². The third-order valence-electron chi connectivity index (χ3n) is 8.65. The van der Waals surface area contributed by atoms with Crippen LogP contribution in [0.5, 0.6) is 0 Å². The first-order chi connectivity index (χ1) is 28.4. The van der Waals surface area contributed by atoms with E-state index in [1.54, 1.807) is 21.9 Å². The van der Waals surface area contributed by atoms with Crippen LogP contribution in [0.2, 0.25) is 19.6 Å². The van der Waals surface area contributed by atoms with E-state index in [-0.39, 0.29) is 42.4 Å². The summed E-state index contributed by atoms with van der Waals surface area (Å²) < 4.78 is 87.5. The van der Waals surface area contributed by atoms with Crippen LogP contribution >= 0.6 is 0 Å². The van der Waals surface area contributed by atoms with Crippen LogP contribution in [0.3, 0.4) is 0 Å². The number of nitrogens with zero attached hydrogens (tertiary/aromatic N) is 7. The summed E-state index contributed by atoms with van der Waals surface area (Å²) in [6, 6.07) is 8.21. The molecule has 0 unspecified atom stereocenters. The number of carbonyl (C=O) groups excluding carboxylic acids is 1. The topological polar surface area (TPSA) is 180 Å². The number of aliphatic hydroxyl groups excluding tert-OH is 2. The maximum absolute atomic E-state index is 13.3. The van der Waals surface area contributed by atoms with Crippen LogP contribution in [0.4, 0.5) is 38.0 Å². The molecule has 0 aliphatic rings. The van der Waals surface area contributed by atoms with Gasteiger partial charge in [0.05, 0.1) is 57.9 Å². The highest BCUT2D eigenvalue weighted by molar-refractivity contribution is 6.83. The van der Waals surface area contributed by atoms with Crippen molar-refractivity contribution in [1.29, 1.82) is 0 Å². The van der Waals surface area contributed by atoms with Crippen LogP contribution in [-0.4, -0.2) is 96.1 Å². The fourth-order valence-corrected chi connectivity index (χ4v) is 6.42. The van der Waals surface area contributed by atoms with Gasteiger partial charge in [-0.15, -0.1) is 5.54 Å². The maximum Gasteiger partial charge on any atom is 0.416 e. The second kappa shape index (κ2) is 17.5. The molecule has 14 nitrogen and oxygen atoms in total. The lowest BCUT2D eigenvalue weighted by Gasteiger charge is -2.12. The first-order valence-corrected chi connectivity index (χ1v) is 22.2. The van der Waals surface area contributed by atoms with E-state index < -0.39 is 37.5 Å². The fraction of sp³-hybridized carbons (Fsp3) is 0.333. The molecule has 7 rings (SSSR count). The standard InChI is InChI=1S/C20H19F3N6O3.C19H21F3N4OSi/c1-2-32-19(31)14-9-13(27-28-14)16-10-25-18-17(24-6-3-7-30)26-12-8-11(20(21,22)23)4-5-15(12)29(16)18;1-28(2,3)10-7-14-12-24-18-17(23-8-4-9-27)25-15-11-13(19(20,21)22)5-6-16(15)26(14)18/h4-5,8-10,30H,2-3,6-7H2,1H3,(H,24,26)(H,27,28);5-6,11-12,27H,4,8-9H2,1-3H3,(H,23,25).